The second kappa shape index (κ2) is 10.2. The van der Waals surface area contributed by atoms with E-state index in [1.165, 1.54) is 0 Å². The quantitative estimate of drug-likeness (QED) is 0.683. The first-order valence-corrected chi connectivity index (χ1v) is 11.3. The molecule has 2 fully saturated rings. The van der Waals surface area contributed by atoms with Crippen molar-refractivity contribution in [2.24, 2.45) is 0 Å². The molecule has 2 aliphatic heterocycles. The molecule has 4 rings (SSSR count). The van der Waals surface area contributed by atoms with Gasteiger partial charge in [0, 0.05) is 50.3 Å². The van der Waals surface area contributed by atoms with Crippen LogP contribution in [0.15, 0.2) is 48.5 Å². The van der Waals surface area contributed by atoms with Gasteiger partial charge in [-0.05, 0) is 49.2 Å². The summed E-state index contributed by atoms with van der Waals surface area (Å²) in [6, 6.07) is 15.7. The van der Waals surface area contributed by atoms with Gasteiger partial charge in [-0.15, -0.1) is 0 Å². The third-order valence-electron chi connectivity index (χ3n) is 6.18. The Kier molecular flexibility index (Phi) is 7.20. The Morgan fingerprint density at radius 2 is 1.77 bits per heavy atom. The van der Waals surface area contributed by atoms with Gasteiger partial charge < -0.3 is 19.3 Å². The summed E-state index contributed by atoms with van der Waals surface area (Å²) in [6.45, 7) is 5.56. The molecule has 0 saturated carbocycles. The highest BCUT2D eigenvalue weighted by atomic mass is 35.5. The number of hydrogen-bond acceptors (Lipinski definition) is 5. The summed E-state index contributed by atoms with van der Waals surface area (Å²) in [5.41, 5.74) is 1.16. The van der Waals surface area contributed by atoms with Gasteiger partial charge in [0.1, 0.15) is 11.5 Å². The van der Waals surface area contributed by atoms with Crippen molar-refractivity contribution in [3.05, 3.63) is 53.6 Å². The van der Waals surface area contributed by atoms with Crippen molar-refractivity contribution in [3.63, 3.8) is 0 Å². The number of halogens is 1. The van der Waals surface area contributed by atoms with E-state index >= 15 is 0 Å². The number of nitrogens with zero attached hydrogens (tertiary/aromatic N) is 3. The summed E-state index contributed by atoms with van der Waals surface area (Å²) in [4.78, 5) is 19.6. The molecule has 0 aromatic heterocycles. The van der Waals surface area contributed by atoms with E-state index in [0.29, 0.717) is 16.8 Å². The van der Waals surface area contributed by atoms with Gasteiger partial charge in [0.25, 0.3) is 5.91 Å². The molecule has 0 spiro atoms. The van der Waals surface area contributed by atoms with Crippen LogP contribution < -0.4 is 14.4 Å². The molecule has 1 amide bonds. The molecule has 0 aliphatic carbocycles. The first-order valence-electron chi connectivity index (χ1n) is 10.9. The zero-order chi connectivity index (χ0) is 21.6. The van der Waals surface area contributed by atoms with Gasteiger partial charge >= 0.3 is 0 Å². The van der Waals surface area contributed by atoms with Gasteiger partial charge in [-0.1, -0.05) is 23.7 Å². The van der Waals surface area contributed by atoms with Crippen molar-refractivity contribution < 1.29 is 14.3 Å². The molecule has 0 N–H and O–H groups in total. The van der Waals surface area contributed by atoms with Gasteiger partial charge in [0.05, 0.1) is 12.8 Å². The van der Waals surface area contributed by atoms with E-state index in [1.807, 2.05) is 17.0 Å². The minimum absolute atomic E-state index is 0.0484. The first-order chi connectivity index (χ1) is 15.1. The van der Waals surface area contributed by atoms with Crippen LogP contribution in [0.1, 0.15) is 12.8 Å². The van der Waals surface area contributed by atoms with Crippen LogP contribution in [0.25, 0.3) is 0 Å². The number of amides is 1. The number of methoxy groups -OCH3 is 1. The van der Waals surface area contributed by atoms with Crippen LogP contribution in [-0.2, 0) is 4.79 Å². The van der Waals surface area contributed by atoms with Crippen LogP contribution in [0, 0.1) is 0 Å². The maximum Gasteiger partial charge on any atom is 0.260 e. The topological polar surface area (TPSA) is 45.2 Å². The van der Waals surface area contributed by atoms with Gasteiger partial charge in [-0.25, -0.2) is 0 Å². The van der Waals surface area contributed by atoms with E-state index in [2.05, 4.69) is 21.9 Å². The number of likely N-dealkylation sites (tertiary alicyclic amines) is 1. The lowest BCUT2D eigenvalue weighted by Gasteiger charge is -2.44. The van der Waals surface area contributed by atoms with Crippen molar-refractivity contribution in [1.82, 2.24) is 9.80 Å². The highest BCUT2D eigenvalue weighted by molar-refractivity contribution is 6.30. The highest BCUT2D eigenvalue weighted by Crippen LogP contribution is 2.29. The monoisotopic (exact) mass is 443 g/mol. The molecule has 1 unspecified atom stereocenters. The molecular weight excluding hydrogens is 414 g/mol. The summed E-state index contributed by atoms with van der Waals surface area (Å²) in [5, 5.41) is 0.656. The Balaban J connectivity index is 1.28. The number of carbonyl (C=O) groups is 1. The van der Waals surface area contributed by atoms with Gasteiger partial charge in [-0.3, -0.25) is 9.69 Å². The fourth-order valence-electron chi connectivity index (χ4n) is 4.47. The molecule has 2 saturated heterocycles. The molecule has 0 bridgehead atoms. The summed E-state index contributed by atoms with van der Waals surface area (Å²) < 4.78 is 11.2. The Hall–Kier alpha value is -2.44. The average molecular weight is 444 g/mol. The van der Waals surface area contributed by atoms with Crippen LogP contribution in [0.2, 0.25) is 5.02 Å². The van der Waals surface area contributed by atoms with Crippen molar-refractivity contribution in [2.75, 3.05) is 57.9 Å². The van der Waals surface area contributed by atoms with Crippen molar-refractivity contribution in [2.45, 2.75) is 18.9 Å². The molecular formula is C24H30ClN3O3. The summed E-state index contributed by atoms with van der Waals surface area (Å²) in [6.07, 6.45) is 2.17. The van der Waals surface area contributed by atoms with Crippen LogP contribution in [0.4, 0.5) is 5.69 Å². The SMILES string of the molecule is COc1ccccc1N1CCN(C2CCCN(C(=O)COc3ccc(Cl)cc3)C2)CC1. The van der Waals surface area contributed by atoms with Crippen LogP contribution >= 0.6 is 11.6 Å². The predicted octanol–water partition coefficient (Wildman–Crippen LogP) is 3.54. The second-order valence-electron chi connectivity index (χ2n) is 8.07. The van der Waals surface area contributed by atoms with Crippen LogP contribution in [0.3, 0.4) is 0 Å². The fourth-order valence-corrected chi connectivity index (χ4v) is 4.59. The third-order valence-corrected chi connectivity index (χ3v) is 6.43. The van der Waals surface area contributed by atoms with E-state index in [-0.39, 0.29) is 12.5 Å². The Labute approximate surface area is 189 Å². The van der Waals surface area contributed by atoms with Crippen molar-refractivity contribution in [3.8, 4) is 11.5 Å². The summed E-state index contributed by atoms with van der Waals surface area (Å²) in [7, 11) is 1.72. The second-order valence-corrected chi connectivity index (χ2v) is 8.51. The highest BCUT2D eigenvalue weighted by Gasteiger charge is 2.30. The Bertz CT molecular complexity index is 869. The molecule has 7 heteroatoms. The van der Waals surface area contributed by atoms with Gasteiger partial charge in [-0.2, -0.15) is 0 Å². The zero-order valence-corrected chi connectivity index (χ0v) is 18.8. The molecule has 2 aromatic rings. The molecule has 6 nitrogen and oxygen atoms in total. The van der Waals surface area contributed by atoms with Crippen molar-refractivity contribution in [1.29, 1.82) is 0 Å². The minimum Gasteiger partial charge on any atom is -0.495 e. The van der Waals surface area contributed by atoms with Gasteiger partial charge in [0.15, 0.2) is 6.61 Å². The number of hydrogen-bond donors (Lipinski definition) is 0. The molecule has 0 radical (unpaired) electrons. The number of carbonyl (C=O) groups excluding carboxylic acids is 1. The largest absolute Gasteiger partial charge is 0.495 e. The Morgan fingerprint density at radius 1 is 1.03 bits per heavy atom. The Morgan fingerprint density at radius 3 is 2.52 bits per heavy atom. The van der Waals surface area contributed by atoms with E-state index < -0.39 is 0 Å². The normalized spacial score (nSPS) is 19.9. The molecule has 31 heavy (non-hydrogen) atoms. The third kappa shape index (κ3) is 5.43. The predicted molar refractivity (Wildman–Crippen MR) is 123 cm³/mol. The number of anilines is 1. The molecule has 2 heterocycles. The smallest absolute Gasteiger partial charge is 0.260 e. The number of ether oxygens (including phenoxy) is 2. The lowest BCUT2D eigenvalue weighted by molar-refractivity contribution is -0.135. The molecule has 2 aliphatic rings. The zero-order valence-electron chi connectivity index (χ0n) is 18.0. The van der Waals surface area contributed by atoms with Crippen LogP contribution in [-0.4, -0.2) is 74.7 Å². The number of piperidine rings is 1. The lowest BCUT2D eigenvalue weighted by atomic mass is 10.0. The first kappa shape index (κ1) is 21.8. The summed E-state index contributed by atoms with van der Waals surface area (Å²) >= 11 is 5.90. The number of para-hydroxylation sites is 2. The fraction of sp³-hybridized carbons (Fsp3) is 0.458. The van der Waals surface area contributed by atoms with E-state index in [0.717, 1.165) is 63.5 Å². The lowest BCUT2D eigenvalue weighted by Crippen LogP contribution is -2.56. The maximum absolute atomic E-state index is 12.7. The van der Waals surface area contributed by atoms with Gasteiger partial charge in [0.2, 0.25) is 0 Å². The van der Waals surface area contributed by atoms with E-state index in [1.54, 1.807) is 31.4 Å². The maximum atomic E-state index is 12.7. The number of benzene rings is 2. The van der Waals surface area contributed by atoms with E-state index in [9.17, 15) is 4.79 Å². The number of piperazine rings is 1. The summed E-state index contributed by atoms with van der Waals surface area (Å²) in [5.74, 6) is 1.64. The average Bonchev–Trinajstić information content (AvgIpc) is 2.83. The molecule has 2 aromatic carbocycles. The number of rotatable bonds is 6. The van der Waals surface area contributed by atoms with Crippen molar-refractivity contribution >= 4 is 23.2 Å². The van der Waals surface area contributed by atoms with E-state index in [4.69, 9.17) is 21.1 Å². The molecule has 1 atom stereocenters. The molecule has 166 valence electrons. The standard InChI is InChI=1S/C24H30ClN3O3/c1-30-23-7-3-2-6-22(23)27-15-13-26(14-16-27)20-5-4-12-28(17-20)24(29)18-31-21-10-8-19(25)9-11-21/h2-3,6-11,20H,4-5,12-18H2,1H3. The minimum atomic E-state index is 0.0484. The van der Waals surface area contributed by atoms with Crippen LogP contribution in [0.5, 0.6) is 11.5 Å².